The van der Waals surface area contributed by atoms with E-state index in [0.717, 1.165) is 71.0 Å². The number of rotatable bonds is 10. The van der Waals surface area contributed by atoms with Gasteiger partial charge in [0.2, 0.25) is 0 Å². The Hall–Kier alpha value is -1.96. The van der Waals surface area contributed by atoms with E-state index in [1.54, 1.807) is 46.2 Å². The van der Waals surface area contributed by atoms with E-state index in [0.29, 0.717) is 7.25 Å². The van der Waals surface area contributed by atoms with Gasteiger partial charge in [-0.25, -0.2) is 0 Å². The Kier molecular flexibility index (Phi) is 13.3. The third-order valence-corrected chi connectivity index (χ3v) is 40.1. The Balaban J connectivity index is 0.00000252. The van der Waals surface area contributed by atoms with Crippen molar-refractivity contribution in [3.63, 3.8) is 0 Å². The topological polar surface area (TPSA) is 0 Å². The molecule has 0 heterocycles. The van der Waals surface area contributed by atoms with Crippen LogP contribution in [0.4, 0.5) is 0 Å². The molecule has 0 aromatic heterocycles. The molecule has 4 aromatic rings. The number of hydrogen-bond donors (Lipinski definition) is 0. The van der Waals surface area contributed by atoms with Crippen molar-refractivity contribution in [1.82, 2.24) is 0 Å². The molecule has 0 radical (unpaired) electrons. The van der Waals surface area contributed by atoms with Gasteiger partial charge in [-0.3, -0.25) is 0 Å². The van der Waals surface area contributed by atoms with E-state index in [9.17, 15) is 0 Å². The fourth-order valence-corrected chi connectivity index (χ4v) is 40.0. The molecule has 16 rings (SSSR count). The summed E-state index contributed by atoms with van der Waals surface area (Å²) in [4.78, 5) is 0. The van der Waals surface area contributed by atoms with Gasteiger partial charge in [0.25, 0.3) is 0 Å². The van der Waals surface area contributed by atoms with Gasteiger partial charge in [0.15, 0.2) is 0 Å². The van der Waals surface area contributed by atoms with E-state index in [1.807, 2.05) is 11.1 Å². The van der Waals surface area contributed by atoms with Crippen LogP contribution in [0.5, 0.6) is 0 Å². The fraction of sp³-hybridized carbons (Fsp3) is 0.576. The number of fused-ring (bicyclic) bond motifs is 2. The van der Waals surface area contributed by atoms with Crippen LogP contribution >= 0.6 is 24.8 Å². The second-order valence-corrected chi connectivity index (χ2v) is 57.8. The summed E-state index contributed by atoms with van der Waals surface area (Å²) in [6.07, 6.45) is 37.7. The van der Waals surface area contributed by atoms with Crippen LogP contribution in [0.3, 0.4) is 0 Å². The van der Waals surface area contributed by atoms with Crippen molar-refractivity contribution in [2.24, 2.45) is 59.2 Å². The molecule has 12 aliphatic rings. The summed E-state index contributed by atoms with van der Waals surface area (Å²) in [5, 5.41) is 0. The van der Waals surface area contributed by atoms with Gasteiger partial charge in [0.1, 0.15) is 0 Å². The molecule has 0 nitrogen and oxygen atoms in total. The molecule has 0 aliphatic heterocycles. The Morgan fingerprint density at radius 2 is 0.771 bits per heavy atom. The molecule has 4 heteroatoms. The van der Waals surface area contributed by atoms with E-state index in [2.05, 4.69) is 113 Å². The molecular weight excluding hydrogens is 983 g/mol. The van der Waals surface area contributed by atoms with E-state index < -0.39 is 17.4 Å². The fourth-order valence-electron chi connectivity index (χ4n) is 20.2. The van der Waals surface area contributed by atoms with Gasteiger partial charge in [-0.2, -0.15) is 0 Å². The molecular formula is C66H84Cl2SiZr. The second-order valence-electron chi connectivity index (χ2n) is 27.4. The van der Waals surface area contributed by atoms with Crippen LogP contribution in [0.1, 0.15) is 194 Å². The third-order valence-electron chi connectivity index (χ3n) is 22.6. The van der Waals surface area contributed by atoms with Crippen molar-refractivity contribution >= 4 is 43.8 Å². The molecule has 370 valence electrons. The second kappa shape index (κ2) is 19.0. The Bertz CT molecular complexity index is 2490. The first-order valence-corrected chi connectivity index (χ1v) is 42.8. The first kappa shape index (κ1) is 48.9. The summed E-state index contributed by atoms with van der Waals surface area (Å²) < 4.78 is 7.18. The maximum atomic E-state index is 3.01. The first-order chi connectivity index (χ1) is 33.2. The molecule has 8 bridgehead atoms. The van der Waals surface area contributed by atoms with E-state index in [4.69, 9.17) is 0 Å². The zero-order valence-corrected chi connectivity index (χ0v) is 48.4. The first-order valence-electron chi connectivity index (χ1n) is 29.1. The zero-order chi connectivity index (χ0) is 45.3. The number of hydrogen-bond acceptors (Lipinski definition) is 0. The minimum absolute atomic E-state index is 0. The standard InChI is InChI=1S/2C32H37.2CH3.2ClH.H2Si.Zr/c2*1-2-5-24(6-3-1)25-9-11-26(12-10-25)30-8-4-7-27-14-23(20-32(27)30)19-31-28-15-21-13-22(17-28)18-29(31)16-21;;;;;;/h2*4,7-12,14,20-22,24,28-29,31H,1-3,5-6,13,15-19H2;2*1H3;2*1H;1H2;. The molecule has 10 fully saturated rings. The molecule has 2 unspecified atom stereocenters. The molecule has 70 heavy (non-hydrogen) atoms. The molecule has 10 saturated carbocycles. The van der Waals surface area contributed by atoms with Gasteiger partial charge in [-0.05, 0) is 0 Å². The van der Waals surface area contributed by atoms with E-state index >= 15 is 0 Å². The van der Waals surface area contributed by atoms with Crippen LogP contribution in [0.2, 0.25) is 9.26 Å². The molecule has 0 saturated heterocycles. The summed E-state index contributed by atoms with van der Waals surface area (Å²) in [7, 11) is 0. The molecule has 0 amide bonds. The van der Waals surface area contributed by atoms with E-state index in [1.165, 1.54) is 151 Å². The molecule has 12 aliphatic carbocycles. The Labute approximate surface area is 438 Å². The summed E-state index contributed by atoms with van der Waals surface area (Å²) in [5.41, 5.74) is 19.5. The number of allylic oxidation sites excluding steroid dienone is 2. The van der Waals surface area contributed by atoms with Crippen molar-refractivity contribution in [1.29, 1.82) is 0 Å². The molecule has 4 aromatic carbocycles. The van der Waals surface area contributed by atoms with Crippen molar-refractivity contribution in [3.8, 4) is 22.3 Å². The maximum absolute atomic E-state index is 3.99. The SMILES string of the molecule is Cl.Cl.[CH3][Zr]([CH3])(=[SiH2])([CH]1C(CC2C3CC4CC(C3)CC2C4)=Cc2c(-c3ccc(C4CCCCC4)cc3)cccc21)[CH]1C(CC2C3CC4CC(C3)CC2C4)=Cc2c(-c3ccc(C4CCCCC4)cc3)cccc21. The summed E-state index contributed by atoms with van der Waals surface area (Å²) in [6.45, 7) is 2.66. The normalized spacial score (nSPS) is 34.1. The van der Waals surface area contributed by atoms with Crippen LogP contribution in [0, 0.1) is 59.2 Å². The average Bonchev–Trinajstić information content (AvgIpc) is 3.94. The van der Waals surface area contributed by atoms with Crippen LogP contribution in [0.15, 0.2) is 96.1 Å². The van der Waals surface area contributed by atoms with Crippen LogP contribution in [-0.2, 0) is 17.4 Å². The Morgan fingerprint density at radius 1 is 0.429 bits per heavy atom. The number of benzene rings is 4. The monoisotopic (exact) mass is 1060 g/mol. The minimum atomic E-state index is -3.99. The molecule has 0 spiro atoms. The van der Waals surface area contributed by atoms with Crippen LogP contribution < -0.4 is 0 Å². The summed E-state index contributed by atoms with van der Waals surface area (Å²) in [5.74, 6) is 11.3. The predicted octanol–water partition coefficient (Wildman–Crippen LogP) is 18.8. The molecule has 2 atom stereocenters. The third kappa shape index (κ3) is 8.43. The van der Waals surface area contributed by atoms with Gasteiger partial charge in [0, 0.05) is 0 Å². The van der Waals surface area contributed by atoms with Crippen molar-refractivity contribution in [3.05, 3.63) is 129 Å². The van der Waals surface area contributed by atoms with Gasteiger partial charge < -0.3 is 0 Å². The molecule has 0 N–H and O–H groups in total. The zero-order valence-electron chi connectivity index (χ0n) is 42.9. The average molecular weight is 1070 g/mol. The summed E-state index contributed by atoms with van der Waals surface area (Å²) >= 11 is -3.99. The van der Waals surface area contributed by atoms with Gasteiger partial charge in [0.05, 0.1) is 0 Å². The number of halogens is 2. The van der Waals surface area contributed by atoms with Crippen LogP contribution in [-0.4, -0.2) is 6.88 Å². The van der Waals surface area contributed by atoms with Gasteiger partial charge in [-0.15, -0.1) is 24.8 Å². The van der Waals surface area contributed by atoms with Crippen LogP contribution in [0.25, 0.3) is 34.4 Å². The Morgan fingerprint density at radius 3 is 1.11 bits per heavy atom. The van der Waals surface area contributed by atoms with Crippen molar-refractivity contribution in [2.45, 2.75) is 170 Å². The van der Waals surface area contributed by atoms with Gasteiger partial charge >= 0.3 is 417 Å². The summed E-state index contributed by atoms with van der Waals surface area (Å²) in [6, 6.07) is 35.5. The van der Waals surface area contributed by atoms with Crippen molar-refractivity contribution < 1.29 is 17.4 Å². The predicted molar refractivity (Wildman–Crippen MR) is 302 cm³/mol. The van der Waals surface area contributed by atoms with Gasteiger partial charge in [-0.1, -0.05) is 0 Å². The quantitative estimate of drug-likeness (QED) is 0.139. The van der Waals surface area contributed by atoms with Crippen molar-refractivity contribution in [2.75, 3.05) is 0 Å². The van der Waals surface area contributed by atoms with E-state index in [-0.39, 0.29) is 24.8 Å².